The number of ether oxygens (including phenoxy) is 1. The molecule has 0 fully saturated rings. The Morgan fingerprint density at radius 2 is 2.50 bits per heavy atom. The molecule has 68 valence electrons. The summed E-state index contributed by atoms with van der Waals surface area (Å²) in [6, 6.07) is 1.65. The van der Waals surface area contributed by atoms with E-state index in [1.807, 2.05) is 0 Å². The van der Waals surface area contributed by atoms with E-state index in [0.29, 0.717) is 24.7 Å². The maximum atomic E-state index is 8.74. The highest BCUT2D eigenvalue weighted by molar-refractivity contribution is 5.30. The molecule has 0 amide bonds. The summed E-state index contributed by atoms with van der Waals surface area (Å²) in [7, 11) is 1.62. The van der Waals surface area contributed by atoms with Crippen LogP contribution in [0, 0.1) is 0 Å². The van der Waals surface area contributed by atoms with E-state index in [1.54, 1.807) is 17.9 Å². The van der Waals surface area contributed by atoms with Gasteiger partial charge in [-0.1, -0.05) is 0 Å². The predicted octanol–water partition coefficient (Wildman–Crippen LogP) is -0.396. The number of aliphatic hydroxyl groups is 1. The first kappa shape index (κ1) is 9.02. The Morgan fingerprint density at radius 1 is 1.75 bits per heavy atom. The van der Waals surface area contributed by atoms with Gasteiger partial charge in [-0.25, -0.2) is 4.68 Å². The van der Waals surface area contributed by atoms with Crippen molar-refractivity contribution in [3.05, 3.63) is 11.8 Å². The van der Waals surface area contributed by atoms with E-state index >= 15 is 0 Å². The smallest absolute Gasteiger partial charge is 0.122 e. The molecule has 0 atom stereocenters. The van der Waals surface area contributed by atoms with E-state index in [0.717, 1.165) is 0 Å². The molecule has 0 unspecified atom stereocenters. The first-order valence-corrected chi connectivity index (χ1v) is 3.70. The normalized spacial score (nSPS) is 10.5. The number of hydrogen-bond acceptors (Lipinski definition) is 4. The predicted molar refractivity (Wildman–Crippen MR) is 44.4 cm³/mol. The third-order valence-corrected chi connectivity index (χ3v) is 1.53. The van der Waals surface area contributed by atoms with Crippen molar-refractivity contribution < 1.29 is 9.84 Å². The molecule has 0 aliphatic rings. The molecule has 0 radical (unpaired) electrons. The Balaban J connectivity index is 2.64. The second-order valence-electron chi connectivity index (χ2n) is 2.43. The van der Waals surface area contributed by atoms with Crippen LogP contribution in [0.25, 0.3) is 0 Å². The van der Waals surface area contributed by atoms with Crippen molar-refractivity contribution in [3.63, 3.8) is 0 Å². The van der Waals surface area contributed by atoms with E-state index in [-0.39, 0.29) is 6.61 Å². The Hall–Kier alpha value is -1.07. The summed E-state index contributed by atoms with van der Waals surface area (Å²) in [4.78, 5) is 0. The van der Waals surface area contributed by atoms with Crippen molar-refractivity contribution in [3.8, 4) is 0 Å². The minimum Gasteiger partial charge on any atom is -0.390 e. The highest BCUT2D eigenvalue weighted by Crippen LogP contribution is 2.05. The van der Waals surface area contributed by atoms with Crippen LogP contribution in [0.2, 0.25) is 0 Å². The molecule has 1 aromatic heterocycles. The van der Waals surface area contributed by atoms with E-state index in [9.17, 15) is 0 Å². The van der Waals surface area contributed by atoms with Crippen LogP contribution in [-0.2, 0) is 17.9 Å². The molecular formula is C7H13N3O2. The van der Waals surface area contributed by atoms with Crippen LogP contribution in [0.1, 0.15) is 5.69 Å². The van der Waals surface area contributed by atoms with Gasteiger partial charge in [-0.2, -0.15) is 5.10 Å². The minimum atomic E-state index is -0.0792. The van der Waals surface area contributed by atoms with Crippen LogP contribution >= 0.6 is 0 Å². The number of hydrogen-bond donors (Lipinski definition) is 2. The molecule has 0 aromatic carbocycles. The topological polar surface area (TPSA) is 73.3 Å². The Bertz CT molecular complexity index is 247. The SMILES string of the molecule is COCCn1nc(CO)cc1N. The summed E-state index contributed by atoms with van der Waals surface area (Å²) < 4.78 is 6.47. The largest absolute Gasteiger partial charge is 0.390 e. The zero-order chi connectivity index (χ0) is 8.97. The van der Waals surface area contributed by atoms with Gasteiger partial charge in [0.05, 0.1) is 25.5 Å². The molecule has 0 bridgehead atoms. The average molecular weight is 171 g/mol. The van der Waals surface area contributed by atoms with Gasteiger partial charge in [0.25, 0.3) is 0 Å². The van der Waals surface area contributed by atoms with E-state index in [1.165, 1.54) is 0 Å². The van der Waals surface area contributed by atoms with Gasteiger partial charge in [-0.3, -0.25) is 0 Å². The zero-order valence-electron chi connectivity index (χ0n) is 7.03. The number of aliphatic hydroxyl groups excluding tert-OH is 1. The fourth-order valence-corrected chi connectivity index (χ4v) is 0.921. The van der Waals surface area contributed by atoms with Crippen molar-refractivity contribution in [1.82, 2.24) is 9.78 Å². The molecule has 1 heterocycles. The van der Waals surface area contributed by atoms with Gasteiger partial charge in [0.2, 0.25) is 0 Å². The van der Waals surface area contributed by atoms with Crippen molar-refractivity contribution in [1.29, 1.82) is 0 Å². The fraction of sp³-hybridized carbons (Fsp3) is 0.571. The van der Waals surface area contributed by atoms with Crippen molar-refractivity contribution >= 4 is 5.82 Å². The molecule has 3 N–H and O–H groups in total. The molecule has 0 spiro atoms. The Morgan fingerprint density at radius 3 is 3.00 bits per heavy atom. The fourth-order valence-electron chi connectivity index (χ4n) is 0.921. The summed E-state index contributed by atoms with van der Waals surface area (Å²) in [5, 5.41) is 12.8. The summed E-state index contributed by atoms with van der Waals surface area (Å²) in [5.74, 6) is 0.552. The molecule has 12 heavy (non-hydrogen) atoms. The van der Waals surface area contributed by atoms with Crippen molar-refractivity contribution in [2.45, 2.75) is 13.2 Å². The summed E-state index contributed by atoms with van der Waals surface area (Å²) in [6.45, 7) is 1.10. The van der Waals surface area contributed by atoms with E-state index < -0.39 is 0 Å². The second kappa shape index (κ2) is 4.08. The van der Waals surface area contributed by atoms with Crippen LogP contribution in [-0.4, -0.2) is 28.6 Å². The average Bonchev–Trinajstić information content (AvgIpc) is 2.43. The molecule has 1 aromatic rings. The number of methoxy groups -OCH3 is 1. The molecule has 1 rings (SSSR count). The number of rotatable bonds is 4. The van der Waals surface area contributed by atoms with Crippen molar-refractivity contribution in [2.24, 2.45) is 0 Å². The monoisotopic (exact) mass is 171 g/mol. The third kappa shape index (κ3) is 1.96. The highest BCUT2D eigenvalue weighted by atomic mass is 16.5. The van der Waals surface area contributed by atoms with Crippen LogP contribution in [0.3, 0.4) is 0 Å². The molecule has 0 saturated heterocycles. The number of nitrogens with two attached hydrogens (primary N) is 1. The first-order valence-electron chi connectivity index (χ1n) is 3.70. The standard InChI is InChI=1S/C7H13N3O2/c1-12-3-2-10-7(8)4-6(5-11)9-10/h4,11H,2-3,5,8H2,1H3. The molecule has 0 aliphatic carbocycles. The molecule has 5 nitrogen and oxygen atoms in total. The molecule has 5 heteroatoms. The quantitative estimate of drug-likeness (QED) is 0.646. The van der Waals surface area contributed by atoms with E-state index in [4.69, 9.17) is 15.6 Å². The van der Waals surface area contributed by atoms with Crippen LogP contribution in [0.15, 0.2) is 6.07 Å². The second-order valence-corrected chi connectivity index (χ2v) is 2.43. The van der Waals surface area contributed by atoms with Crippen LogP contribution in [0.4, 0.5) is 5.82 Å². The van der Waals surface area contributed by atoms with Gasteiger partial charge in [-0.05, 0) is 0 Å². The van der Waals surface area contributed by atoms with Gasteiger partial charge in [-0.15, -0.1) is 0 Å². The Labute approximate surface area is 70.7 Å². The van der Waals surface area contributed by atoms with Crippen LogP contribution in [0.5, 0.6) is 0 Å². The molecule has 0 saturated carbocycles. The molecular weight excluding hydrogens is 158 g/mol. The third-order valence-electron chi connectivity index (χ3n) is 1.53. The highest BCUT2D eigenvalue weighted by Gasteiger charge is 2.02. The number of anilines is 1. The van der Waals surface area contributed by atoms with Gasteiger partial charge in [0, 0.05) is 13.2 Å². The van der Waals surface area contributed by atoms with Gasteiger partial charge < -0.3 is 15.6 Å². The lowest BCUT2D eigenvalue weighted by molar-refractivity contribution is 0.183. The lowest BCUT2D eigenvalue weighted by atomic mass is 10.4. The summed E-state index contributed by atoms with van der Waals surface area (Å²) in [5.41, 5.74) is 6.18. The number of nitrogen functional groups attached to an aromatic ring is 1. The van der Waals surface area contributed by atoms with Crippen molar-refractivity contribution in [2.75, 3.05) is 19.5 Å². The minimum absolute atomic E-state index is 0.0792. The van der Waals surface area contributed by atoms with Crippen LogP contribution < -0.4 is 5.73 Å². The lowest BCUT2D eigenvalue weighted by Crippen LogP contribution is -2.09. The van der Waals surface area contributed by atoms with Gasteiger partial charge >= 0.3 is 0 Å². The zero-order valence-corrected chi connectivity index (χ0v) is 7.03. The molecule has 0 aliphatic heterocycles. The Kier molecular flexibility index (Phi) is 3.07. The van der Waals surface area contributed by atoms with Gasteiger partial charge in [0.15, 0.2) is 0 Å². The van der Waals surface area contributed by atoms with E-state index in [2.05, 4.69) is 5.10 Å². The number of nitrogens with zero attached hydrogens (tertiary/aromatic N) is 2. The van der Waals surface area contributed by atoms with Gasteiger partial charge in [0.1, 0.15) is 5.82 Å². The lowest BCUT2D eigenvalue weighted by Gasteiger charge is -2.01. The maximum Gasteiger partial charge on any atom is 0.122 e. The maximum absolute atomic E-state index is 8.74. The summed E-state index contributed by atoms with van der Waals surface area (Å²) >= 11 is 0. The first-order chi connectivity index (χ1) is 5.77. The number of aromatic nitrogens is 2. The summed E-state index contributed by atoms with van der Waals surface area (Å²) in [6.07, 6.45) is 0.